The van der Waals surface area contributed by atoms with E-state index in [0.717, 1.165) is 44.4 Å². The van der Waals surface area contributed by atoms with Crippen LogP contribution in [0.2, 0.25) is 0 Å². The van der Waals surface area contributed by atoms with E-state index < -0.39 is 6.85 Å². The summed E-state index contributed by atoms with van der Waals surface area (Å²) in [7, 11) is 0. The van der Waals surface area contributed by atoms with Gasteiger partial charge in [-0.3, -0.25) is 0 Å². The number of benzene rings is 3. The maximum absolute atomic E-state index is 7.56. The maximum atomic E-state index is 7.56. The monoisotopic (exact) mass is 685 g/mol. The van der Waals surface area contributed by atoms with Crippen LogP contribution in [0.3, 0.4) is 0 Å². The molecule has 0 atom stereocenters. The molecule has 0 saturated carbocycles. The molecule has 0 fully saturated rings. The van der Waals surface area contributed by atoms with Crippen LogP contribution >= 0.6 is 0 Å². The minimum Gasteiger partial charge on any atom is -0.486 e. The number of pyridine rings is 3. The number of nitrogens with zero attached hydrogens (tertiary/aromatic N) is 3. The van der Waals surface area contributed by atoms with E-state index in [2.05, 4.69) is 27.1 Å². The summed E-state index contributed by atoms with van der Waals surface area (Å²) in [6.45, 7) is -2.28. The minimum absolute atomic E-state index is 0. The second-order valence-electron chi connectivity index (χ2n) is 8.54. The van der Waals surface area contributed by atoms with E-state index in [0.29, 0.717) is 11.3 Å². The summed E-state index contributed by atoms with van der Waals surface area (Å²) in [5.74, 6) is 0. The van der Waals surface area contributed by atoms with Gasteiger partial charge in [0.2, 0.25) is 5.71 Å². The van der Waals surface area contributed by atoms with Gasteiger partial charge in [0.1, 0.15) is 0 Å². The first-order chi connectivity index (χ1) is 20.0. The fourth-order valence-corrected chi connectivity index (χ4v) is 4.23. The van der Waals surface area contributed by atoms with Gasteiger partial charge < -0.3 is 14.4 Å². The van der Waals surface area contributed by atoms with Gasteiger partial charge in [0.25, 0.3) is 0 Å². The van der Waals surface area contributed by atoms with Crippen molar-refractivity contribution in [1.29, 1.82) is 0 Å². The number of hydrogen-bond donors (Lipinski definition) is 0. The number of aryl methyl sites for hydroxylation is 1. The van der Waals surface area contributed by atoms with Crippen molar-refractivity contribution in [1.82, 2.24) is 15.0 Å². The molecule has 7 aromatic rings. The summed E-state index contributed by atoms with van der Waals surface area (Å²) in [6.07, 6.45) is 3.61. The Bertz CT molecular complexity index is 1870. The number of rotatable bonds is 3. The molecule has 0 N–H and O–H groups in total. The molecule has 0 amide bonds. The fourth-order valence-electron chi connectivity index (χ4n) is 4.23. The summed E-state index contributed by atoms with van der Waals surface area (Å²) < 4.78 is 28.6. The van der Waals surface area contributed by atoms with Crippen molar-refractivity contribution < 1.29 is 28.6 Å². The summed E-state index contributed by atoms with van der Waals surface area (Å²) in [4.78, 5) is 13.0. The van der Waals surface area contributed by atoms with Crippen LogP contribution < -0.4 is 0 Å². The van der Waals surface area contributed by atoms with Gasteiger partial charge in [0.15, 0.2) is 0 Å². The summed E-state index contributed by atoms with van der Waals surface area (Å²) in [5.41, 5.74) is 6.49. The molecule has 1 radical (unpaired) electrons. The molecule has 5 heteroatoms. The fraction of sp³-hybridized carbons (Fsp3) is 0.0294. The SMILES string of the molecule is [2H]C([2H])([2H])c1ccc2c(n1)oc1c(-c3ccc(-c4ccccc4)cn3)[c-]ccc12.[Ir].[c-]1ccccc1-c1ccccn1. The van der Waals surface area contributed by atoms with Crippen LogP contribution in [0, 0.1) is 19.0 Å². The number of fused-ring (bicyclic) bond motifs is 3. The quantitative estimate of drug-likeness (QED) is 0.176. The number of aromatic nitrogens is 3. The smallest absolute Gasteiger partial charge is 0.216 e. The van der Waals surface area contributed by atoms with Crippen LogP contribution in [-0.2, 0) is 20.1 Å². The summed E-state index contributed by atoms with van der Waals surface area (Å²) >= 11 is 0. The summed E-state index contributed by atoms with van der Waals surface area (Å²) in [5, 5.41) is 1.62. The third-order valence-electron chi connectivity index (χ3n) is 6.08. The molecular formula is C34H23IrN3O-2. The minimum atomic E-state index is -2.28. The first-order valence-electron chi connectivity index (χ1n) is 13.6. The van der Waals surface area contributed by atoms with Gasteiger partial charge in [0.05, 0.1) is 5.58 Å². The molecule has 191 valence electrons. The van der Waals surface area contributed by atoms with Crippen molar-refractivity contribution in [2.24, 2.45) is 0 Å². The van der Waals surface area contributed by atoms with Gasteiger partial charge in [-0.25, -0.2) is 4.98 Å². The molecule has 4 heterocycles. The Labute approximate surface area is 245 Å². The average molecular weight is 685 g/mol. The Morgan fingerprint density at radius 3 is 2.31 bits per heavy atom. The van der Waals surface area contributed by atoms with Crippen molar-refractivity contribution >= 4 is 22.1 Å². The van der Waals surface area contributed by atoms with Crippen LogP contribution in [0.15, 0.2) is 126 Å². The predicted octanol–water partition coefficient (Wildman–Crippen LogP) is 8.36. The van der Waals surface area contributed by atoms with Gasteiger partial charge in [-0.2, -0.15) is 0 Å². The van der Waals surface area contributed by atoms with E-state index in [1.54, 1.807) is 12.3 Å². The zero-order valence-electron chi connectivity index (χ0n) is 23.6. The molecule has 0 spiro atoms. The Morgan fingerprint density at radius 1 is 0.692 bits per heavy atom. The molecule has 3 aromatic carbocycles. The van der Waals surface area contributed by atoms with Gasteiger partial charge in [-0.15, -0.1) is 54.1 Å². The van der Waals surface area contributed by atoms with Crippen molar-refractivity contribution in [2.75, 3.05) is 0 Å². The summed E-state index contributed by atoms with van der Waals surface area (Å²) in [6, 6.07) is 41.0. The van der Waals surface area contributed by atoms with E-state index >= 15 is 0 Å². The molecule has 4 nitrogen and oxygen atoms in total. The topological polar surface area (TPSA) is 51.8 Å². The normalized spacial score (nSPS) is 11.9. The predicted molar refractivity (Wildman–Crippen MR) is 152 cm³/mol. The van der Waals surface area contributed by atoms with Crippen LogP contribution in [0.25, 0.3) is 55.7 Å². The molecule has 0 aliphatic heterocycles. The third-order valence-corrected chi connectivity index (χ3v) is 6.08. The second kappa shape index (κ2) is 12.0. The Balaban J connectivity index is 0.000000228. The Hall–Kier alpha value is -4.44. The van der Waals surface area contributed by atoms with Crippen LogP contribution in [0.5, 0.6) is 0 Å². The van der Waals surface area contributed by atoms with Crippen molar-refractivity contribution in [3.8, 4) is 33.6 Å². The Morgan fingerprint density at radius 2 is 1.56 bits per heavy atom. The van der Waals surface area contributed by atoms with E-state index in [4.69, 9.17) is 8.53 Å². The van der Waals surface area contributed by atoms with Gasteiger partial charge in [0, 0.05) is 47.7 Å². The number of hydrogen-bond acceptors (Lipinski definition) is 4. The average Bonchev–Trinajstić information content (AvgIpc) is 3.41. The first-order valence-corrected chi connectivity index (χ1v) is 12.1. The van der Waals surface area contributed by atoms with Crippen LogP contribution in [0.1, 0.15) is 9.81 Å². The van der Waals surface area contributed by atoms with Gasteiger partial charge >= 0.3 is 0 Å². The molecule has 0 aliphatic carbocycles. The number of furan rings is 1. The van der Waals surface area contributed by atoms with Crippen molar-refractivity contribution in [2.45, 2.75) is 6.85 Å². The standard InChI is InChI=1S/C23H15N2O.C11H8N.Ir/c1-15-10-12-19-18-8-5-9-20(22(18)26-23(19)25-15)21-13-11-17(14-24-21)16-6-3-2-4-7-16;1-2-6-10(7-3-1)11-8-4-5-9-12-11;/h2-8,10-14H,1H3;1-6,8-9H;/q2*-1;/i1D3;;. The molecule has 4 aromatic heterocycles. The van der Waals surface area contributed by atoms with E-state index in [1.165, 1.54) is 6.07 Å². The van der Waals surface area contributed by atoms with E-state index in [-0.39, 0.29) is 25.8 Å². The van der Waals surface area contributed by atoms with Crippen LogP contribution in [0.4, 0.5) is 0 Å². The van der Waals surface area contributed by atoms with E-state index in [9.17, 15) is 0 Å². The molecule has 0 bridgehead atoms. The van der Waals surface area contributed by atoms with Gasteiger partial charge in [-0.05, 0) is 47.6 Å². The van der Waals surface area contributed by atoms with Gasteiger partial charge in [-0.1, -0.05) is 65.5 Å². The van der Waals surface area contributed by atoms with Crippen molar-refractivity contribution in [3.05, 3.63) is 139 Å². The molecule has 0 saturated heterocycles. The van der Waals surface area contributed by atoms with Crippen molar-refractivity contribution in [3.63, 3.8) is 0 Å². The largest absolute Gasteiger partial charge is 0.486 e. The molecule has 39 heavy (non-hydrogen) atoms. The van der Waals surface area contributed by atoms with E-state index in [1.807, 2.05) is 103 Å². The molecule has 0 unspecified atom stereocenters. The third kappa shape index (κ3) is 5.70. The maximum Gasteiger partial charge on any atom is 0.216 e. The molecule has 7 rings (SSSR count). The zero-order valence-corrected chi connectivity index (χ0v) is 23.0. The molecular weight excluding hydrogens is 659 g/mol. The Kier molecular flexibility index (Phi) is 6.91. The zero-order chi connectivity index (χ0) is 28.2. The molecule has 0 aliphatic rings. The van der Waals surface area contributed by atoms with Crippen LogP contribution in [-0.4, -0.2) is 15.0 Å². The first kappa shape index (κ1) is 22.5. The second-order valence-corrected chi connectivity index (χ2v) is 8.54.